The Labute approximate surface area is 169 Å². The van der Waals surface area contributed by atoms with E-state index in [9.17, 15) is 4.39 Å². The fourth-order valence-electron chi connectivity index (χ4n) is 4.61. The number of hydrogen-bond acceptors (Lipinski definition) is 1. The Morgan fingerprint density at radius 2 is 1.25 bits per heavy atom. The minimum Gasteiger partial charge on any atom is -0.206 e. The molecule has 0 saturated carbocycles. The Bertz CT molecular complexity index is 869. The molecule has 3 aromatic rings. The van der Waals surface area contributed by atoms with E-state index in [0.717, 1.165) is 5.30 Å². The third-order valence-electron chi connectivity index (χ3n) is 5.96. The summed E-state index contributed by atoms with van der Waals surface area (Å²) in [6, 6.07) is 29.0. The molecule has 3 aromatic carbocycles. The molecule has 3 atom stereocenters. The molecule has 4 rings (SSSR count). The van der Waals surface area contributed by atoms with Crippen LogP contribution in [-0.4, -0.2) is 13.3 Å². The fourth-order valence-corrected chi connectivity index (χ4v) is 12.8. The van der Waals surface area contributed by atoms with E-state index in [2.05, 4.69) is 78.9 Å². The quantitative estimate of drug-likeness (QED) is 0.451. The van der Waals surface area contributed by atoms with Gasteiger partial charge in [0, 0.05) is 13.4 Å². The lowest BCUT2D eigenvalue weighted by Crippen LogP contribution is -2.22. The topological polar surface area (TPSA) is 12.0 Å². The molecule has 1 fully saturated rings. The van der Waals surface area contributed by atoms with Crippen LogP contribution in [0.3, 0.4) is 0 Å². The first-order valence-electron chi connectivity index (χ1n) is 9.81. The molecule has 1 unspecified atom stereocenters. The first kappa shape index (κ1) is 19.7. The number of rotatable bonds is 5. The summed E-state index contributed by atoms with van der Waals surface area (Å²) in [7, 11) is -2.38. The number of hydrogen-bond donors (Lipinski definition) is 1. The molecule has 0 spiro atoms. The van der Waals surface area contributed by atoms with Gasteiger partial charge in [0.25, 0.3) is 0 Å². The Morgan fingerprint density at radius 3 is 1.75 bits per heavy atom. The molecule has 0 bridgehead atoms. The fraction of sp³-hybridized carbons (Fsp3) is 0.250. The van der Waals surface area contributed by atoms with Gasteiger partial charge in [-0.2, -0.15) is 4.86 Å². The number of halogens is 1. The second-order valence-corrected chi connectivity index (χ2v) is 13.6. The van der Waals surface area contributed by atoms with Crippen molar-refractivity contribution in [2.24, 2.45) is 0 Å². The van der Waals surface area contributed by atoms with Crippen molar-refractivity contribution in [3.05, 3.63) is 102 Å². The van der Waals surface area contributed by atoms with E-state index in [4.69, 9.17) is 0 Å². The summed E-state index contributed by atoms with van der Waals surface area (Å²) in [4.78, 5) is 4.05. The minimum absolute atomic E-state index is 0.0954. The second kappa shape index (κ2) is 8.42. The Hall–Kier alpha value is -1.59. The van der Waals surface area contributed by atoms with Crippen LogP contribution in [0.5, 0.6) is 0 Å². The van der Waals surface area contributed by atoms with Crippen molar-refractivity contribution in [3.8, 4) is 0 Å². The zero-order valence-corrected chi connectivity index (χ0v) is 18.2. The predicted molar refractivity (Wildman–Crippen MR) is 122 cm³/mol. The lowest BCUT2D eigenvalue weighted by Gasteiger charge is -2.34. The molecular formula is C24H27FNP2+. The van der Waals surface area contributed by atoms with Crippen LogP contribution < -0.4 is 10.2 Å². The van der Waals surface area contributed by atoms with Crippen LogP contribution >= 0.6 is 15.5 Å². The van der Waals surface area contributed by atoms with Crippen LogP contribution in [0.25, 0.3) is 0 Å². The van der Waals surface area contributed by atoms with E-state index in [0.29, 0.717) is 11.3 Å². The first-order valence-corrected chi connectivity index (χ1v) is 14.0. The third kappa shape index (κ3) is 3.79. The van der Waals surface area contributed by atoms with E-state index in [1.807, 2.05) is 12.1 Å². The summed E-state index contributed by atoms with van der Waals surface area (Å²) >= 11 is 0. The van der Waals surface area contributed by atoms with Crippen LogP contribution in [0.2, 0.25) is 0 Å². The molecule has 1 nitrogen and oxygen atoms in total. The molecular weight excluding hydrogens is 383 g/mol. The highest BCUT2D eigenvalue weighted by Crippen LogP contribution is 2.81. The van der Waals surface area contributed by atoms with E-state index in [-0.39, 0.29) is 5.82 Å². The van der Waals surface area contributed by atoms with Crippen molar-refractivity contribution in [1.82, 2.24) is 4.86 Å². The van der Waals surface area contributed by atoms with Gasteiger partial charge < -0.3 is 0 Å². The third-order valence-corrected chi connectivity index (χ3v) is 13.7. The highest BCUT2D eigenvalue weighted by Gasteiger charge is 2.55. The highest BCUT2D eigenvalue weighted by atomic mass is 31.2. The molecule has 0 aliphatic carbocycles. The van der Waals surface area contributed by atoms with Gasteiger partial charge in [-0.15, -0.1) is 0 Å². The summed E-state index contributed by atoms with van der Waals surface area (Å²) in [5, 5.41) is 0.823. The second-order valence-electron chi connectivity index (χ2n) is 7.69. The van der Waals surface area contributed by atoms with Crippen LogP contribution in [0.4, 0.5) is 4.39 Å². The molecule has 144 valence electrons. The van der Waals surface area contributed by atoms with Crippen LogP contribution in [0, 0.1) is 5.82 Å². The number of benzene rings is 3. The average Bonchev–Trinajstić information content (AvgIpc) is 3.06. The van der Waals surface area contributed by atoms with Crippen molar-refractivity contribution >= 4 is 20.8 Å². The van der Waals surface area contributed by atoms with Gasteiger partial charge in [-0.05, 0) is 36.7 Å². The summed E-state index contributed by atoms with van der Waals surface area (Å²) in [6.07, 6.45) is 2.36. The lowest BCUT2D eigenvalue weighted by atomic mass is 10.0. The monoisotopic (exact) mass is 410 g/mol. The standard InChI is InChI=1S/C24H27FNP2/c1-27(22-16-10-9-15-21(22)25)26-28(2)23(19-11-5-3-6-12-19)17-18-24(28)20-13-7-4-8-14-20/h3-16,23-24,26H,17-18H2,1-2H3/q+1/t23-,24-,27?/m0/s1. The Morgan fingerprint density at radius 1 is 0.786 bits per heavy atom. The molecule has 0 radical (unpaired) electrons. The van der Waals surface area contributed by atoms with Crippen LogP contribution in [-0.2, 0) is 0 Å². The van der Waals surface area contributed by atoms with Crippen molar-refractivity contribution in [3.63, 3.8) is 0 Å². The maximum Gasteiger partial charge on any atom is 0.132 e. The molecule has 1 heterocycles. The van der Waals surface area contributed by atoms with Gasteiger partial charge in [-0.25, -0.2) is 4.39 Å². The largest absolute Gasteiger partial charge is 0.206 e. The maximum absolute atomic E-state index is 14.5. The zero-order valence-electron chi connectivity index (χ0n) is 16.4. The van der Waals surface area contributed by atoms with Gasteiger partial charge >= 0.3 is 0 Å². The Kier molecular flexibility index (Phi) is 5.93. The van der Waals surface area contributed by atoms with E-state index in [1.165, 1.54) is 24.0 Å². The van der Waals surface area contributed by atoms with Gasteiger partial charge in [0.1, 0.15) is 17.1 Å². The Balaban J connectivity index is 1.72. The lowest BCUT2D eigenvalue weighted by molar-refractivity contribution is 0.636. The van der Waals surface area contributed by atoms with Crippen molar-refractivity contribution in [2.45, 2.75) is 24.2 Å². The number of nitrogens with one attached hydrogen (secondary N) is 1. The highest BCUT2D eigenvalue weighted by molar-refractivity contribution is 7.84. The first-order chi connectivity index (χ1) is 13.6. The average molecular weight is 410 g/mol. The summed E-state index contributed by atoms with van der Waals surface area (Å²) in [5.74, 6) is -0.0954. The molecule has 1 aliphatic rings. The normalized spacial score (nSPS) is 22.1. The molecule has 1 aliphatic heterocycles. The summed E-state index contributed by atoms with van der Waals surface area (Å²) in [6.45, 7) is 4.62. The molecule has 0 aromatic heterocycles. The van der Waals surface area contributed by atoms with Crippen molar-refractivity contribution < 1.29 is 4.39 Å². The molecule has 4 heteroatoms. The van der Waals surface area contributed by atoms with Crippen molar-refractivity contribution in [1.29, 1.82) is 0 Å². The van der Waals surface area contributed by atoms with E-state index >= 15 is 0 Å². The summed E-state index contributed by atoms with van der Waals surface area (Å²) < 4.78 is 14.5. The van der Waals surface area contributed by atoms with Gasteiger partial charge in [0.2, 0.25) is 0 Å². The van der Waals surface area contributed by atoms with E-state index < -0.39 is 15.5 Å². The van der Waals surface area contributed by atoms with Crippen molar-refractivity contribution in [2.75, 3.05) is 13.3 Å². The SMILES string of the molecule is CP(N[P+]1(C)[C@H](c2ccccc2)CC[C@H]1c1ccccc1)c1ccccc1F. The zero-order chi connectivity index (χ0) is 19.6. The van der Waals surface area contributed by atoms with Crippen LogP contribution in [0.15, 0.2) is 84.9 Å². The van der Waals surface area contributed by atoms with Gasteiger partial charge in [0.05, 0.1) is 14.1 Å². The van der Waals surface area contributed by atoms with Gasteiger partial charge in [0.15, 0.2) is 0 Å². The smallest absolute Gasteiger partial charge is 0.132 e. The molecule has 1 N–H and O–H groups in total. The minimum atomic E-state index is -1.61. The summed E-state index contributed by atoms with van der Waals surface area (Å²) in [5.41, 5.74) is 3.86. The van der Waals surface area contributed by atoms with Gasteiger partial charge in [-0.3, -0.25) is 0 Å². The molecule has 1 saturated heterocycles. The molecule has 28 heavy (non-hydrogen) atoms. The van der Waals surface area contributed by atoms with E-state index in [1.54, 1.807) is 12.1 Å². The van der Waals surface area contributed by atoms with Gasteiger partial charge in [-0.1, -0.05) is 78.9 Å². The molecule has 0 amide bonds. The maximum atomic E-state index is 14.5. The van der Waals surface area contributed by atoms with Crippen LogP contribution in [0.1, 0.15) is 35.3 Å². The predicted octanol–water partition coefficient (Wildman–Crippen LogP) is 6.91.